The van der Waals surface area contributed by atoms with E-state index in [0.717, 1.165) is 0 Å². The number of hydrogen-bond acceptors (Lipinski definition) is 5. The van der Waals surface area contributed by atoms with Crippen LogP contribution in [0.15, 0.2) is 0 Å². The highest BCUT2D eigenvalue weighted by atomic mass is 28.1. The van der Waals surface area contributed by atoms with Crippen LogP contribution in [0.25, 0.3) is 0 Å². The first-order valence-corrected chi connectivity index (χ1v) is 3.36. The van der Waals surface area contributed by atoms with Gasteiger partial charge in [-0.15, -0.1) is 0 Å². The zero-order chi connectivity index (χ0) is 10.9. The van der Waals surface area contributed by atoms with Gasteiger partial charge in [-0.1, -0.05) is 0 Å². The van der Waals surface area contributed by atoms with Crippen molar-refractivity contribution in [1.29, 1.82) is 0 Å². The Kier molecular flexibility index (Phi) is 16.1. The van der Waals surface area contributed by atoms with Crippen molar-refractivity contribution in [3.8, 4) is 0 Å². The first kappa shape index (κ1) is 18.8. The van der Waals surface area contributed by atoms with Gasteiger partial charge in [-0.3, -0.25) is 9.59 Å². The molecule has 0 aliphatic carbocycles. The second-order valence-corrected chi connectivity index (χ2v) is 2.04. The number of aliphatic carboxylic acids is 2. The van der Waals surface area contributed by atoms with E-state index >= 15 is 0 Å². The highest BCUT2D eigenvalue weighted by Crippen LogP contribution is 1.74. The summed E-state index contributed by atoms with van der Waals surface area (Å²) in [7, 11) is 0. The van der Waals surface area contributed by atoms with E-state index in [9.17, 15) is 9.59 Å². The van der Waals surface area contributed by atoms with E-state index in [0.29, 0.717) is 0 Å². The molecule has 0 aliphatic rings. The fraction of sp³-hybridized carbons (Fsp3) is 0.667. The third-order valence-electron chi connectivity index (χ3n) is 0.785. The molecule has 0 aliphatic heterocycles. The summed E-state index contributed by atoms with van der Waals surface area (Å²) in [5, 5.41) is 31.7. The maximum Gasteiger partial charge on any atom is 0.314 e. The van der Waals surface area contributed by atoms with Crippen LogP contribution in [0.5, 0.6) is 0 Å². The molecule has 0 rings (SSSR count). The quantitative estimate of drug-likeness (QED) is 0.247. The Labute approximate surface area is 85.2 Å². The number of aliphatic hydroxyl groups excluding tert-OH is 2. The van der Waals surface area contributed by atoms with Crippen LogP contribution in [0.2, 0.25) is 0 Å². The molecule has 1 unspecified atom stereocenters. The number of aliphatic hydroxyl groups is 2. The van der Waals surface area contributed by atoms with Crippen molar-refractivity contribution < 1.29 is 30.0 Å². The SMILES string of the molecule is NCC(O)CO.O=C(O)CC(=O)O.[SiH4]. The zero-order valence-corrected chi connectivity index (χ0v) is 6.88. The van der Waals surface area contributed by atoms with Gasteiger partial charge in [-0.25, -0.2) is 0 Å². The van der Waals surface area contributed by atoms with Crippen LogP contribution in [0.4, 0.5) is 0 Å². The summed E-state index contributed by atoms with van der Waals surface area (Å²) in [6, 6.07) is 0. The van der Waals surface area contributed by atoms with E-state index in [1.54, 1.807) is 0 Å². The highest BCUT2D eigenvalue weighted by Gasteiger charge is 2.01. The average Bonchev–Trinajstić information content (AvgIpc) is 2.01. The van der Waals surface area contributed by atoms with Crippen molar-refractivity contribution in [2.24, 2.45) is 5.73 Å². The Bertz CT molecular complexity index is 148. The van der Waals surface area contributed by atoms with Gasteiger partial charge in [0.25, 0.3) is 0 Å². The lowest BCUT2D eigenvalue weighted by Crippen LogP contribution is -2.22. The van der Waals surface area contributed by atoms with Crippen molar-refractivity contribution >= 4 is 22.9 Å². The third kappa shape index (κ3) is 22.5. The predicted octanol–water partition coefficient (Wildman–Crippen LogP) is -3.61. The van der Waals surface area contributed by atoms with E-state index in [1.807, 2.05) is 0 Å². The molecule has 6 N–H and O–H groups in total. The highest BCUT2D eigenvalue weighted by molar-refractivity contribution is 5.88. The minimum absolute atomic E-state index is 0. The molecule has 0 aromatic carbocycles. The number of carboxylic acids is 2. The third-order valence-corrected chi connectivity index (χ3v) is 0.785. The minimum Gasteiger partial charge on any atom is -0.481 e. The molecule has 0 spiro atoms. The van der Waals surface area contributed by atoms with Crippen molar-refractivity contribution in [1.82, 2.24) is 0 Å². The molecule has 86 valence electrons. The summed E-state index contributed by atoms with van der Waals surface area (Å²) in [5.41, 5.74) is 4.87. The van der Waals surface area contributed by atoms with Crippen molar-refractivity contribution in [3.63, 3.8) is 0 Å². The molecule has 14 heavy (non-hydrogen) atoms. The standard InChI is InChI=1S/C3H9NO2.C3H4O4.H4Si/c4-1-3(6)2-5;4-2(5)1-3(6)7;/h3,5-6H,1-2,4H2;1H2,(H,4,5)(H,6,7);1H4. The van der Waals surface area contributed by atoms with Gasteiger partial charge in [0, 0.05) is 6.54 Å². The van der Waals surface area contributed by atoms with Crippen LogP contribution in [0.1, 0.15) is 6.42 Å². The first-order chi connectivity index (χ1) is 5.93. The van der Waals surface area contributed by atoms with Gasteiger partial charge in [-0.2, -0.15) is 0 Å². The Morgan fingerprint density at radius 3 is 1.57 bits per heavy atom. The first-order valence-electron chi connectivity index (χ1n) is 3.36. The molecule has 0 heterocycles. The maximum atomic E-state index is 9.43. The van der Waals surface area contributed by atoms with Crippen molar-refractivity contribution in [3.05, 3.63) is 0 Å². The van der Waals surface area contributed by atoms with Crippen LogP contribution in [0.3, 0.4) is 0 Å². The normalized spacial score (nSPS) is 10.2. The van der Waals surface area contributed by atoms with Gasteiger partial charge < -0.3 is 26.2 Å². The lowest BCUT2D eigenvalue weighted by molar-refractivity contribution is -0.147. The van der Waals surface area contributed by atoms with Crippen LogP contribution >= 0.6 is 0 Å². The molecule has 0 radical (unpaired) electrons. The largest absolute Gasteiger partial charge is 0.481 e. The summed E-state index contributed by atoms with van der Waals surface area (Å²) in [6.07, 6.45) is -1.54. The van der Waals surface area contributed by atoms with Crippen molar-refractivity contribution in [2.75, 3.05) is 13.2 Å². The molecule has 0 saturated heterocycles. The maximum absolute atomic E-state index is 9.43. The second-order valence-electron chi connectivity index (χ2n) is 2.04. The number of carboxylic acid groups (broad SMARTS) is 2. The van der Waals surface area contributed by atoms with Crippen LogP contribution in [-0.2, 0) is 9.59 Å². The van der Waals surface area contributed by atoms with Gasteiger partial charge in [0.1, 0.15) is 6.42 Å². The smallest absolute Gasteiger partial charge is 0.314 e. The molecule has 0 bridgehead atoms. The fourth-order valence-electron chi connectivity index (χ4n) is 0.204. The van der Waals surface area contributed by atoms with Crippen LogP contribution < -0.4 is 5.73 Å². The van der Waals surface area contributed by atoms with Gasteiger partial charge in [0.2, 0.25) is 0 Å². The molecule has 8 heteroatoms. The molecule has 0 aromatic rings. The zero-order valence-electron chi connectivity index (χ0n) is 6.88. The summed E-state index contributed by atoms with van der Waals surface area (Å²) in [4.78, 5) is 18.9. The van der Waals surface area contributed by atoms with E-state index in [4.69, 9.17) is 26.2 Å². The topological polar surface area (TPSA) is 141 Å². The lowest BCUT2D eigenvalue weighted by atomic mass is 10.4. The molecule has 0 fully saturated rings. The second kappa shape index (κ2) is 12.0. The number of hydrogen-bond donors (Lipinski definition) is 5. The number of nitrogens with two attached hydrogens (primary N) is 1. The minimum atomic E-state index is -1.31. The monoisotopic (exact) mass is 227 g/mol. The number of carbonyl (C=O) groups is 2. The van der Waals surface area contributed by atoms with Crippen LogP contribution in [-0.4, -0.2) is 62.6 Å². The van der Waals surface area contributed by atoms with Gasteiger partial charge >= 0.3 is 11.9 Å². The molecule has 7 nitrogen and oxygen atoms in total. The van der Waals surface area contributed by atoms with E-state index in [-0.39, 0.29) is 24.1 Å². The summed E-state index contributed by atoms with van der Waals surface area (Å²) >= 11 is 0. The van der Waals surface area contributed by atoms with Gasteiger partial charge in [0.15, 0.2) is 0 Å². The molecule has 0 amide bonds. The fourth-order valence-corrected chi connectivity index (χ4v) is 0.204. The average molecular weight is 227 g/mol. The molecule has 1 atom stereocenters. The van der Waals surface area contributed by atoms with E-state index in [2.05, 4.69) is 0 Å². The van der Waals surface area contributed by atoms with Gasteiger partial charge in [0.05, 0.1) is 12.7 Å². The van der Waals surface area contributed by atoms with Gasteiger partial charge in [-0.05, 0) is 11.0 Å². The Morgan fingerprint density at radius 1 is 1.21 bits per heavy atom. The molecular formula is C6H17NO6Si. The van der Waals surface area contributed by atoms with Crippen LogP contribution in [0, 0.1) is 0 Å². The summed E-state index contributed by atoms with van der Waals surface area (Å²) < 4.78 is 0. The number of rotatable bonds is 4. The predicted molar refractivity (Wildman–Crippen MR) is 53.4 cm³/mol. The molecule has 0 saturated carbocycles. The Hall–Kier alpha value is -0.963. The van der Waals surface area contributed by atoms with E-state index in [1.165, 1.54) is 0 Å². The Balaban J connectivity index is -0.000000163. The summed E-state index contributed by atoms with van der Waals surface area (Å²) in [6.45, 7) is -0.104. The molecular weight excluding hydrogens is 210 g/mol. The van der Waals surface area contributed by atoms with E-state index < -0.39 is 24.5 Å². The van der Waals surface area contributed by atoms with Crippen molar-refractivity contribution in [2.45, 2.75) is 12.5 Å². The molecule has 0 aromatic heterocycles. The lowest BCUT2D eigenvalue weighted by Gasteiger charge is -1.97. The Morgan fingerprint density at radius 2 is 1.57 bits per heavy atom. The summed E-state index contributed by atoms with van der Waals surface area (Å²) in [5.74, 6) is -2.62.